The van der Waals surface area contributed by atoms with Gasteiger partial charge in [-0.2, -0.15) is 0 Å². The summed E-state index contributed by atoms with van der Waals surface area (Å²) in [5.41, 5.74) is 1.18. The van der Waals surface area contributed by atoms with E-state index in [2.05, 4.69) is 50.1 Å². The lowest BCUT2D eigenvalue weighted by molar-refractivity contribution is 0.338. The van der Waals surface area contributed by atoms with Crippen molar-refractivity contribution in [3.05, 3.63) is 44.6 Å². The highest BCUT2D eigenvalue weighted by Gasteiger charge is 2.15. The van der Waals surface area contributed by atoms with Crippen molar-refractivity contribution in [2.45, 2.75) is 11.8 Å². The Morgan fingerprint density at radius 3 is 2.68 bits per heavy atom. The molecule has 2 aromatic rings. The van der Waals surface area contributed by atoms with Crippen molar-refractivity contribution < 1.29 is 9.47 Å². The third-order valence-corrected chi connectivity index (χ3v) is 5.55. The highest BCUT2D eigenvalue weighted by atomic mass is 79.9. The largest absolute Gasteiger partial charge is 0.496 e. The molecule has 2 rings (SSSR count). The third-order valence-electron chi connectivity index (χ3n) is 2.63. The van der Waals surface area contributed by atoms with Gasteiger partial charge in [0.05, 0.1) is 23.0 Å². The SMILES string of the molecule is CCOc1ccc(C(Br)c2cc(OC)cs2)cc1Br. The van der Waals surface area contributed by atoms with Gasteiger partial charge in [0, 0.05) is 10.3 Å². The fourth-order valence-corrected chi connectivity index (χ4v) is 3.79. The monoisotopic (exact) mass is 404 g/mol. The van der Waals surface area contributed by atoms with Gasteiger partial charge in [0.2, 0.25) is 0 Å². The molecule has 0 bridgehead atoms. The van der Waals surface area contributed by atoms with Crippen LogP contribution in [0.1, 0.15) is 22.2 Å². The number of thiophene rings is 1. The Bertz CT molecular complexity index is 554. The zero-order valence-electron chi connectivity index (χ0n) is 10.7. The molecule has 0 aliphatic heterocycles. The smallest absolute Gasteiger partial charge is 0.133 e. The van der Waals surface area contributed by atoms with Crippen molar-refractivity contribution in [1.82, 2.24) is 0 Å². The van der Waals surface area contributed by atoms with Crippen LogP contribution in [-0.4, -0.2) is 13.7 Å². The van der Waals surface area contributed by atoms with Gasteiger partial charge in [0.15, 0.2) is 0 Å². The van der Waals surface area contributed by atoms with Crippen LogP contribution in [0.25, 0.3) is 0 Å². The number of methoxy groups -OCH3 is 1. The molecule has 19 heavy (non-hydrogen) atoms. The number of benzene rings is 1. The second-order valence-corrected chi connectivity index (χ2v) is 6.59. The van der Waals surface area contributed by atoms with Gasteiger partial charge >= 0.3 is 0 Å². The van der Waals surface area contributed by atoms with E-state index in [1.807, 2.05) is 18.4 Å². The maximum absolute atomic E-state index is 5.52. The summed E-state index contributed by atoms with van der Waals surface area (Å²) in [6.45, 7) is 2.64. The van der Waals surface area contributed by atoms with Crippen molar-refractivity contribution in [3.63, 3.8) is 0 Å². The van der Waals surface area contributed by atoms with Gasteiger partial charge in [-0.15, -0.1) is 11.3 Å². The molecule has 0 aliphatic rings. The van der Waals surface area contributed by atoms with E-state index >= 15 is 0 Å². The van der Waals surface area contributed by atoms with Crippen molar-refractivity contribution >= 4 is 43.2 Å². The van der Waals surface area contributed by atoms with E-state index in [0.717, 1.165) is 16.0 Å². The quantitative estimate of drug-likeness (QED) is 0.619. The Morgan fingerprint density at radius 1 is 1.32 bits per heavy atom. The van der Waals surface area contributed by atoms with Crippen LogP contribution < -0.4 is 9.47 Å². The van der Waals surface area contributed by atoms with Gasteiger partial charge in [0.1, 0.15) is 11.5 Å². The third kappa shape index (κ3) is 3.52. The first-order valence-corrected chi connectivity index (χ1v) is 8.43. The number of hydrogen-bond acceptors (Lipinski definition) is 3. The summed E-state index contributed by atoms with van der Waals surface area (Å²) in [6.07, 6.45) is 0. The van der Waals surface area contributed by atoms with Crippen LogP contribution in [0.2, 0.25) is 0 Å². The zero-order valence-corrected chi connectivity index (χ0v) is 14.6. The molecular formula is C14H14Br2O2S. The maximum Gasteiger partial charge on any atom is 0.133 e. The predicted octanol–water partition coefficient (Wildman–Crippen LogP) is 5.40. The zero-order chi connectivity index (χ0) is 13.8. The summed E-state index contributed by atoms with van der Waals surface area (Å²) >= 11 is 8.95. The number of rotatable bonds is 5. The van der Waals surface area contributed by atoms with Gasteiger partial charge in [-0.05, 0) is 46.6 Å². The van der Waals surface area contributed by atoms with Crippen LogP contribution in [0.3, 0.4) is 0 Å². The summed E-state index contributed by atoms with van der Waals surface area (Å²) in [7, 11) is 1.68. The molecule has 0 saturated heterocycles. The summed E-state index contributed by atoms with van der Waals surface area (Å²) in [4.78, 5) is 1.38. The van der Waals surface area contributed by atoms with E-state index in [1.165, 1.54) is 10.4 Å². The average Bonchev–Trinajstić information content (AvgIpc) is 2.89. The van der Waals surface area contributed by atoms with Crippen molar-refractivity contribution in [3.8, 4) is 11.5 Å². The first-order valence-electron chi connectivity index (χ1n) is 5.84. The molecule has 0 fully saturated rings. The highest BCUT2D eigenvalue weighted by Crippen LogP contribution is 2.39. The summed E-state index contributed by atoms with van der Waals surface area (Å²) < 4.78 is 11.7. The van der Waals surface area contributed by atoms with Crippen LogP contribution in [0, 0.1) is 0 Å². The topological polar surface area (TPSA) is 18.5 Å². The predicted molar refractivity (Wildman–Crippen MR) is 87.0 cm³/mol. The standard InChI is InChI=1S/C14H14Br2O2S/c1-3-18-12-5-4-9(6-11(12)15)14(16)13-7-10(17-2)8-19-13/h4-8,14H,3H2,1-2H3. The highest BCUT2D eigenvalue weighted by molar-refractivity contribution is 9.10. The fourth-order valence-electron chi connectivity index (χ4n) is 1.69. The number of halogens is 2. The summed E-state index contributed by atoms with van der Waals surface area (Å²) in [6, 6.07) is 8.19. The molecular weight excluding hydrogens is 392 g/mol. The Balaban J connectivity index is 2.23. The molecule has 0 amide bonds. The Morgan fingerprint density at radius 2 is 2.11 bits per heavy atom. The van der Waals surface area contributed by atoms with Gasteiger partial charge in [0.25, 0.3) is 0 Å². The molecule has 102 valence electrons. The molecule has 1 heterocycles. The molecule has 0 aliphatic carbocycles. The van der Waals surface area contributed by atoms with Gasteiger partial charge in [-0.25, -0.2) is 0 Å². The minimum Gasteiger partial charge on any atom is -0.496 e. The summed E-state index contributed by atoms with van der Waals surface area (Å²) in [5.74, 6) is 1.77. The van der Waals surface area contributed by atoms with Crippen molar-refractivity contribution in [1.29, 1.82) is 0 Å². The molecule has 1 atom stereocenters. The minimum absolute atomic E-state index is 0.161. The Hall–Kier alpha value is -0.520. The molecule has 0 spiro atoms. The number of hydrogen-bond donors (Lipinski definition) is 0. The first kappa shape index (κ1) is 14.9. The molecule has 1 aromatic carbocycles. The van der Waals surface area contributed by atoms with Crippen molar-refractivity contribution in [2.75, 3.05) is 13.7 Å². The lowest BCUT2D eigenvalue weighted by atomic mass is 10.1. The Labute approximate surface area is 134 Å². The molecule has 1 aromatic heterocycles. The van der Waals surface area contributed by atoms with Crippen molar-refractivity contribution in [2.24, 2.45) is 0 Å². The Kier molecular flexibility index (Phi) is 5.30. The van der Waals surface area contributed by atoms with Gasteiger partial charge < -0.3 is 9.47 Å². The van der Waals surface area contributed by atoms with E-state index in [0.29, 0.717) is 6.61 Å². The van der Waals surface area contributed by atoms with E-state index in [9.17, 15) is 0 Å². The maximum atomic E-state index is 5.52. The van der Waals surface area contributed by atoms with Crippen LogP contribution in [-0.2, 0) is 0 Å². The number of ether oxygens (including phenoxy) is 2. The molecule has 2 nitrogen and oxygen atoms in total. The fraction of sp³-hybridized carbons (Fsp3) is 0.286. The van der Waals surface area contributed by atoms with Gasteiger partial charge in [-0.3, -0.25) is 0 Å². The van der Waals surface area contributed by atoms with E-state index in [4.69, 9.17) is 9.47 Å². The van der Waals surface area contributed by atoms with Crippen LogP contribution in [0.5, 0.6) is 11.5 Å². The second-order valence-electron chi connectivity index (χ2n) is 3.87. The molecule has 5 heteroatoms. The van der Waals surface area contributed by atoms with Gasteiger partial charge in [-0.1, -0.05) is 22.0 Å². The second kappa shape index (κ2) is 6.77. The summed E-state index contributed by atoms with van der Waals surface area (Å²) in [5, 5.41) is 2.01. The van der Waals surface area contributed by atoms with Crippen LogP contribution in [0.15, 0.2) is 34.1 Å². The van der Waals surface area contributed by atoms with E-state index in [1.54, 1.807) is 18.4 Å². The molecule has 0 saturated carbocycles. The molecule has 0 radical (unpaired) electrons. The first-order chi connectivity index (χ1) is 9.15. The normalized spacial score (nSPS) is 12.2. The minimum atomic E-state index is 0.161. The average molecular weight is 406 g/mol. The molecule has 0 N–H and O–H groups in total. The van der Waals surface area contributed by atoms with Crippen LogP contribution in [0.4, 0.5) is 0 Å². The lowest BCUT2D eigenvalue weighted by Gasteiger charge is -2.11. The van der Waals surface area contributed by atoms with E-state index < -0.39 is 0 Å². The number of alkyl halides is 1. The lowest BCUT2D eigenvalue weighted by Crippen LogP contribution is -1.95. The molecule has 1 unspecified atom stereocenters. The van der Waals surface area contributed by atoms with E-state index in [-0.39, 0.29) is 4.83 Å². The van der Waals surface area contributed by atoms with Crippen LogP contribution >= 0.6 is 43.2 Å².